The molecular formula is C8H18N4O8. The van der Waals surface area contributed by atoms with Crippen LogP contribution in [0.15, 0.2) is 0 Å². The summed E-state index contributed by atoms with van der Waals surface area (Å²) in [6.07, 6.45) is -2.69. The first-order valence-electron chi connectivity index (χ1n) is 4.90. The molecule has 0 saturated carbocycles. The van der Waals surface area contributed by atoms with Gasteiger partial charge in [0.2, 0.25) is 0 Å². The van der Waals surface area contributed by atoms with Gasteiger partial charge in [-0.05, 0) is 12.8 Å². The van der Waals surface area contributed by atoms with Crippen molar-refractivity contribution in [1.29, 1.82) is 5.41 Å². The summed E-state index contributed by atoms with van der Waals surface area (Å²) in [5, 5.41) is 45.6. The highest BCUT2D eigenvalue weighted by Crippen LogP contribution is 1.92. The standard InChI is InChI=1S/C6H14N4O2.2CH2O3/c7-4(5(11)12)2-1-3-10-6(8)9;2*2-1(3)4/h4H,1-3,7H2,(H,11,12)(H4,8,9,10);2*(H2,2,3,4)/t4-;;/m0../s1. The van der Waals surface area contributed by atoms with Crippen LogP contribution in [0.5, 0.6) is 0 Å². The summed E-state index contributed by atoms with van der Waals surface area (Å²) in [5.41, 5.74) is 10.2. The molecule has 0 aliphatic heterocycles. The van der Waals surface area contributed by atoms with Crippen LogP contribution >= 0.6 is 0 Å². The van der Waals surface area contributed by atoms with Gasteiger partial charge in [-0.15, -0.1) is 0 Å². The molecule has 0 aromatic carbocycles. The Labute approximate surface area is 113 Å². The maximum absolute atomic E-state index is 10.2. The van der Waals surface area contributed by atoms with Crippen molar-refractivity contribution >= 4 is 24.2 Å². The summed E-state index contributed by atoms with van der Waals surface area (Å²) in [6, 6.07) is -0.821. The second-order valence-electron chi connectivity index (χ2n) is 2.99. The number of hydrogen-bond acceptors (Lipinski definition) is 5. The second-order valence-corrected chi connectivity index (χ2v) is 2.99. The molecule has 0 aromatic heterocycles. The van der Waals surface area contributed by atoms with Crippen molar-refractivity contribution in [3.63, 3.8) is 0 Å². The Kier molecular flexibility index (Phi) is 16.0. The molecule has 0 aliphatic carbocycles. The third-order valence-electron chi connectivity index (χ3n) is 1.32. The average molecular weight is 298 g/mol. The van der Waals surface area contributed by atoms with Gasteiger partial charge in [0.15, 0.2) is 5.96 Å². The van der Waals surface area contributed by atoms with Crippen LogP contribution in [0.3, 0.4) is 0 Å². The van der Waals surface area contributed by atoms with Gasteiger partial charge in [0.05, 0.1) is 0 Å². The van der Waals surface area contributed by atoms with Crippen molar-refractivity contribution in [3.8, 4) is 0 Å². The van der Waals surface area contributed by atoms with Crippen LogP contribution < -0.4 is 16.8 Å². The first kappa shape index (κ1) is 22.4. The Morgan fingerprint density at radius 3 is 1.65 bits per heavy atom. The van der Waals surface area contributed by atoms with E-state index in [4.69, 9.17) is 52.0 Å². The summed E-state index contributed by atoms with van der Waals surface area (Å²) in [4.78, 5) is 27.3. The first-order valence-corrected chi connectivity index (χ1v) is 4.90. The van der Waals surface area contributed by atoms with E-state index < -0.39 is 24.3 Å². The van der Waals surface area contributed by atoms with Gasteiger partial charge >= 0.3 is 18.3 Å². The summed E-state index contributed by atoms with van der Waals surface area (Å²) < 4.78 is 0. The van der Waals surface area contributed by atoms with Crippen molar-refractivity contribution < 1.29 is 39.9 Å². The lowest BCUT2D eigenvalue weighted by Crippen LogP contribution is -2.34. The van der Waals surface area contributed by atoms with Gasteiger partial charge in [0, 0.05) is 6.54 Å². The van der Waals surface area contributed by atoms with Crippen LogP contribution in [0.4, 0.5) is 9.59 Å². The lowest BCUT2D eigenvalue weighted by atomic mass is 10.2. The summed E-state index contributed by atoms with van der Waals surface area (Å²) in [5.74, 6) is -1.11. The zero-order valence-electron chi connectivity index (χ0n) is 10.3. The Bertz CT molecular complexity index is 302. The molecule has 0 spiro atoms. The minimum absolute atomic E-state index is 0.112. The van der Waals surface area contributed by atoms with Gasteiger partial charge in [0.1, 0.15) is 6.04 Å². The fourth-order valence-corrected chi connectivity index (χ4v) is 0.669. The van der Waals surface area contributed by atoms with Crippen molar-refractivity contribution in [3.05, 3.63) is 0 Å². The van der Waals surface area contributed by atoms with Crippen molar-refractivity contribution in [2.45, 2.75) is 18.9 Å². The smallest absolute Gasteiger partial charge is 0.480 e. The van der Waals surface area contributed by atoms with E-state index in [0.717, 1.165) is 0 Å². The molecule has 1 atom stereocenters. The molecule has 0 rings (SSSR count). The van der Waals surface area contributed by atoms with Crippen molar-refractivity contribution in [1.82, 2.24) is 5.32 Å². The SMILES string of the molecule is N=C(N)NCCC[C@H](N)C(=O)O.O=C(O)O.O=C(O)O. The second kappa shape index (κ2) is 14.3. The monoisotopic (exact) mass is 298 g/mol. The van der Waals surface area contributed by atoms with E-state index in [1.54, 1.807) is 0 Å². The van der Waals surface area contributed by atoms with Crippen LogP contribution in [0.1, 0.15) is 12.8 Å². The number of rotatable bonds is 5. The number of aliphatic carboxylic acids is 1. The Morgan fingerprint density at radius 1 is 1.05 bits per heavy atom. The van der Waals surface area contributed by atoms with E-state index in [1.807, 2.05) is 0 Å². The van der Waals surface area contributed by atoms with Gasteiger partial charge in [-0.1, -0.05) is 0 Å². The fraction of sp³-hybridized carbons (Fsp3) is 0.500. The number of guanidine groups is 1. The van der Waals surface area contributed by atoms with Crippen LogP contribution in [0.2, 0.25) is 0 Å². The molecule has 0 bridgehead atoms. The fourth-order valence-electron chi connectivity index (χ4n) is 0.669. The first-order chi connectivity index (χ1) is 9.00. The predicted molar refractivity (Wildman–Crippen MR) is 66.1 cm³/mol. The largest absolute Gasteiger partial charge is 0.503 e. The zero-order chi connectivity index (χ0) is 16.7. The molecule has 11 N–H and O–H groups in total. The lowest BCUT2D eigenvalue weighted by Gasteiger charge is -2.06. The number of carbonyl (C=O) groups is 3. The van der Waals surface area contributed by atoms with Crippen molar-refractivity contribution in [2.24, 2.45) is 11.5 Å². The Hall–Kier alpha value is -2.76. The Morgan fingerprint density at radius 2 is 1.40 bits per heavy atom. The molecule has 0 amide bonds. The predicted octanol–water partition coefficient (Wildman–Crippen LogP) is -0.894. The highest BCUT2D eigenvalue weighted by Gasteiger charge is 2.09. The van der Waals surface area contributed by atoms with Crippen LogP contribution in [-0.4, -0.2) is 62.4 Å². The summed E-state index contributed by atoms with van der Waals surface area (Å²) >= 11 is 0. The molecule has 0 aromatic rings. The number of carboxylic acids is 1. The highest BCUT2D eigenvalue weighted by atomic mass is 16.6. The highest BCUT2D eigenvalue weighted by molar-refractivity contribution is 5.74. The minimum atomic E-state index is -1.83. The quantitative estimate of drug-likeness (QED) is 0.171. The van der Waals surface area contributed by atoms with Gasteiger partial charge in [0.25, 0.3) is 0 Å². The molecule has 12 heteroatoms. The maximum atomic E-state index is 10.2. The Balaban J connectivity index is -0.000000297. The number of nitrogens with one attached hydrogen (secondary N) is 2. The number of carboxylic acid groups (broad SMARTS) is 5. The molecule has 0 aliphatic rings. The third-order valence-corrected chi connectivity index (χ3v) is 1.32. The van der Waals surface area contributed by atoms with E-state index in [9.17, 15) is 4.79 Å². The maximum Gasteiger partial charge on any atom is 0.503 e. The third kappa shape index (κ3) is 45.5. The molecular weight excluding hydrogens is 280 g/mol. The van der Waals surface area contributed by atoms with Crippen molar-refractivity contribution in [2.75, 3.05) is 6.54 Å². The molecule has 0 saturated heterocycles. The van der Waals surface area contributed by atoms with E-state index >= 15 is 0 Å². The number of hydrogen-bond donors (Lipinski definition) is 9. The lowest BCUT2D eigenvalue weighted by molar-refractivity contribution is -0.138. The molecule has 118 valence electrons. The van der Waals surface area contributed by atoms with E-state index in [1.165, 1.54) is 0 Å². The molecule has 0 unspecified atom stereocenters. The van der Waals surface area contributed by atoms with E-state index in [0.29, 0.717) is 19.4 Å². The van der Waals surface area contributed by atoms with Crippen LogP contribution in [-0.2, 0) is 4.79 Å². The normalized spacial score (nSPS) is 9.65. The van der Waals surface area contributed by atoms with Gasteiger partial charge < -0.3 is 42.3 Å². The summed E-state index contributed by atoms with van der Waals surface area (Å²) in [7, 11) is 0. The van der Waals surface area contributed by atoms with Crippen LogP contribution in [0.25, 0.3) is 0 Å². The molecule has 0 fully saturated rings. The molecule has 0 radical (unpaired) electrons. The van der Waals surface area contributed by atoms with E-state index in [-0.39, 0.29) is 5.96 Å². The summed E-state index contributed by atoms with van der Waals surface area (Å²) in [6.45, 7) is 0.482. The number of nitrogens with two attached hydrogens (primary N) is 2. The topological polar surface area (TPSA) is 240 Å². The molecule has 20 heavy (non-hydrogen) atoms. The molecule has 0 heterocycles. The molecule has 12 nitrogen and oxygen atoms in total. The van der Waals surface area contributed by atoms with Gasteiger partial charge in [-0.25, -0.2) is 9.59 Å². The zero-order valence-corrected chi connectivity index (χ0v) is 10.3. The van der Waals surface area contributed by atoms with Gasteiger partial charge in [-0.3, -0.25) is 10.2 Å². The van der Waals surface area contributed by atoms with E-state index in [2.05, 4.69) is 5.32 Å². The average Bonchev–Trinajstić information content (AvgIpc) is 2.21. The van der Waals surface area contributed by atoms with Crippen LogP contribution in [0, 0.1) is 5.41 Å². The minimum Gasteiger partial charge on any atom is -0.480 e. The van der Waals surface area contributed by atoms with Gasteiger partial charge in [-0.2, -0.15) is 0 Å².